The Labute approximate surface area is 143 Å². The van der Waals surface area contributed by atoms with Crippen molar-refractivity contribution in [3.05, 3.63) is 69.5 Å². The van der Waals surface area contributed by atoms with Gasteiger partial charge in [0.25, 0.3) is 5.69 Å². The van der Waals surface area contributed by atoms with Crippen molar-refractivity contribution in [3.63, 3.8) is 0 Å². The second-order valence-electron chi connectivity index (χ2n) is 5.64. The minimum atomic E-state index is -1.03. The monoisotopic (exact) mass is 347 g/mol. The lowest BCUT2D eigenvalue weighted by Crippen LogP contribution is -2.39. The summed E-state index contributed by atoms with van der Waals surface area (Å²) in [6.45, 7) is 3.30. The molecule has 8 heteroatoms. The van der Waals surface area contributed by atoms with Crippen LogP contribution in [0.1, 0.15) is 24.2 Å². The number of hydrogen-bond donors (Lipinski definition) is 3. The predicted octanol–water partition coefficient (Wildman–Crippen LogP) is 3.29. The van der Waals surface area contributed by atoms with Crippen LogP contribution in [-0.2, 0) is 0 Å². The van der Waals surface area contributed by atoms with Crippen LogP contribution in [0, 0.1) is 22.9 Å². The molecule has 0 saturated heterocycles. The van der Waals surface area contributed by atoms with Crippen LogP contribution in [-0.4, -0.2) is 22.1 Å². The third-order valence-electron chi connectivity index (χ3n) is 3.72. The number of nitro groups is 1. The second-order valence-corrected chi connectivity index (χ2v) is 5.64. The van der Waals surface area contributed by atoms with Gasteiger partial charge < -0.3 is 15.7 Å². The third kappa shape index (κ3) is 4.74. The van der Waals surface area contributed by atoms with Gasteiger partial charge in [-0.1, -0.05) is 18.2 Å². The molecule has 0 aliphatic rings. The van der Waals surface area contributed by atoms with Crippen molar-refractivity contribution in [2.45, 2.75) is 26.0 Å². The summed E-state index contributed by atoms with van der Waals surface area (Å²) in [6.07, 6.45) is -1.03. The number of rotatable bonds is 5. The largest absolute Gasteiger partial charge is 0.386 e. The summed E-state index contributed by atoms with van der Waals surface area (Å²) in [7, 11) is 0. The van der Waals surface area contributed by atoms with E-state index in [1.165, 1.54) is 42.5 Å². The Morgan fingerprint density at radius 2 is 1.88 bits per heavy atom. The Bertz CT molecular complexity index is 780. The van der Waals surface area contributed by atoms with E-state index in [-0.39, 0.29) is 5.69 Å². The molecule has 7 nitrogen and oxygen atoms in total. The molecule has 132 valence electrons. The molecule has 0 fully saturated rings. The number of aliphatic hydroxyl groups is 1. The molecule has 3 N–H and O–H groups in total. The van der Waals surface area contributed by atoms with Gasteiger partial charge in [0.05, 0.1) is 22.8 Å². The fraction of sp³-hybridized carbons (Fsp3) is 0.235. The van der Waals surface area contributed by atoms with Gasteiger partial charge in [0.1, 0.15) is 5.82 Å². The van der Waals surface area contributed by atoms with Crippen molar-refractivity contribution < 1.29 is 19.2 Å². The lowest BCUT2D eigenvalue weighted by molar-refractivity contribution is -0.384. The number of carbonyl (C=O) groups excluding carboxylic acids is 1. The predicted molar refractivity (Wildman–Crippen MR) is 90.8 cm³/mol. The van der Waals surface area contributed by atoms with Gasteiger partial charge in [0.2, 0.25) is 0 Å². The fourth-order valence-corrected chi connectivity index (χ4v) is 2.25. The summed E-state index contributed by atoms with van der Waals surface area (Å²) in [4.78, 5) is 22.3. The summed E-state index contributed by atoms with van der Waals surface area (Å²) in [5, 5.41) is 26.1. The number of halogens is 1. The van der Waals surface area contributed by atoms with Gasteiger partial charge in [-0.2, -0.15) is 0 Å². The molecule has 0 aliphatic heterocycles. The van der Waals surface area contributed by atoms with E-state index in [9.17, 15) is 24.4 Å². The maximum atomic E-state index is 12.9. The molecular weight excluding hydrogens is 329 g/mol. The van der Waals surface area contributed by atoms with E-state index in [1.54, 1.807) is 13.8 Å². The SMILES string of the molecule is Cc1ccc([N+](=O)[O-])cc1NC(=O)NC(C)C(O)c1ccc(F)cc1. The van der Waals surface area contributed by atoms with Crippen molar-refractivity contribution in [1.82, 2.24) is 5.32 Å². The average Bonchev–Trinajstić information content (AvgIpc) is 2.56. The number of hydrogen-bond acceptors (Lipinski definition) is 4. The van der Waals surface area contributed by atoms with E-state index in [0.29, 0.717) is 16.8 Å². The molecule has 25 heavy (non-hydrogen) atoms. The highest BCUT2D eigenvalue weighted by Crippen LogP contribution is 2.22. The smallest absolute Gasteiger partial charge is 0.319 e. The molecule has 0 saturated carbocycles. The van der Waals surface area contributed by atoms with Gasteiger partial charge in [-0.25, -0.2) is 9.18 Å². The Morgan fingerprint density at radius 1 is 1.24 bits per heavy atom. The maximum absolute atomic E-state index is 12.9. The number of aliphatic hydroxyl groups excluding tert-OH is 1. The zero-order valence-electron chi connectivity index (χ0n) is 13.7. The van der Waals surface area contributed by atoms with E-state index in [4.69, 9.17) is 0 Å². The molecule has 0 aromatic heterocycles. The molecule has 2 aromatic rings. The number of non-ortho nitro benzene ring substituents is 1. The molecule has 0 bridgehead atoms. The first-order chi connectivity index (χ1) is 11.8. The summed E-state index contributed by atoms with van der Waals surface area (Å²) in [5.41, 5.74) is 1.28. The maximum Gasteiger partial charge on any atom is 0.319 e. The molecule has 2 amide bonds. The molecule has 0 heterocycles. The van der Waals surface area contributed by atoms with Crippen molar-refractivity contribution in [2.75, 3.05) is 5.32 Å². The lowest BCUT2D eigenvalue weighted by Gasteiger charge is -2.21. The molecular formula is C17H18FN3O4. The average molecular weight is 347 g/mol. The highest BCUT2D eigenvalue weighted by Gasteiger charge is 2.19. The van der Waals surface area contributed by atoms with Gasteiger partial charge in [-0.3, -0.25) is 10.1 Å². The Kier molecular flexibility index (Phi) is 5.66. The van der Waals surface area contributed by atoms with Crippen LogP contribution in [0.25, 0.3) is 0 Å². The van der Waals surface area contributed by atoms with E-state index in [0.717, 1.165) is 0 Å². The molecule has 2 unspecified atom stereocenters. The van der Waals surface area contributed by atoms with E-state index in [1.807, 2.05) is 0 Å². The van der Waals surface area contributed by atoms with Crippen molar-refractivity contribution in [2.24, 2.45) is 0 Å². The third-order valence-corrected chi connectivity index (χ3v) is 3.72. The molecule has 0 aliphatic carbocycles. The lowest BCUT2D eigenvalue weighted by atomic mass is 10.0. The molecule has 2 aromatic carbocycles. The van der Waals surface area contributed by atoms with E-state index >= 15 is 0 Å². The molecule has 0 spiro atoms. The number of aryl methyl sites for hydroxylation is 1. The van der Waals surface area contributed by atoms with Gasteiger partial charge >= 0.3 is 6.03 Å². The van der Waals surface area contributed by atoms with Crippen molar-refractivity contribution >= 4 is 17.4 Å². The van der Waals surface area contributed by atoms with Crippen LogP contribution < -0.4 is 10.6 Å². The van der Waals surface area contributed by atoms with Crippen LogP contribution in [0.3, 0.4) is 0 Å². The molecule has 0 radical (unpaired) electrons. The summed E-state index contributed by atoms with van der Waals surface area (Å²) in [5.74, 6) is -0.421. The van der Waals surface area contributed by atoms with Gasteiger partial charge in [-0.15, -0.1) is 0 Å². The highest BCUT2D eigenvalue weighted by atomic mass is 19.1. The number of amides is 2. The minimum Gasteiger partial charge on any atom is -0.386 e. The first-order valence-electron chi connectivity index (χ1n) is 7.54. The number of nitro benzene ring substituents is 1. The number of nitrogens with one attached hydrogen (secondary N) is 2. The molecule has 2 rings (SSSR count). The minimum absolute atomic E-state index is 0.139. The summed E-state index contributed by atoms with van der Waals surface area (Å²) >= 11 is 0. The number of anilines is 1. The normalized spacial score (nSPS) is 13.0. The summed E-state index contributed by atoms with van der Waals surface area (Å²) in [6, 6.07) is 8.17. The Balaban J connectivity index is 2.03. The first kappa shape index (κ1) is 18.3. The van der Waals surface area contributed by atoms with Gasteiger partial charge in [0.15, 0.2) is 0 Å². The van der Waals surface area contributed by atoms with Gasteiger partial charge in [-0.05, 0) is 37.1 Å². The summed E-state index contributed by atoms with van der Waals surface area (Å²) < 4.78 is 12.9. The van der Waals surface area contributed by atoms with Gasteiger partial charge in [0, 0.05) is 12.1 Å². The van der Waals surface area contributed by atoms with Crippen molar-refractivity contribution in [3.8, 4) is 0 Å². The zero-order chi connectivity index (χ0) is 18.6. The number of benzene rings is 2. The van der Waals surface area contributed by atoms with Crippen LogP contribution in [0.5, 0.6) is 0 Å². The van der Waals surface area contributed by atoms with Crippen molar-refractivity contribution in [1.29, 1.82) is 0 Å². The standard InChI is InChI=1S/C17H18FN3O4/c1-10-3-8-14(21(24)25)9-15(10)20-17(23)19-11(2)16(22)12-4-6-13(18)7-5-12/h3-9,11,16,22H,1-2H3,(H2,19,20,23). The second kappa shape index (κ2) is 7.71. The quantitative estimate of drug-likeness (QED) is 0.570. The van der Waals surface area contributed by atoms with Crippen LogP contribution in [0.2, 0.25) is 0 Å². The van der Waals surface area contributed by atoms with E-state index < -0.39 is 28.9 Å². The highest BCUT2D eigenvalue weighted by molar-refractivity contribution is 5.90. The zero-order valence-corrected chi connectivity index (χ0v) is 13.7. The topological polar surface area (TPSA) is 105 Å². The first-order valence-corrected chi connectivity index (χ1v) is 7.54. The number of nitrogens with zero attached hydrogens (tertiary/aromatic N) is 1. The Morgan fingerprint density at radius 3 is 2.48 bits per heavy atom. The van der Waals surface area contributed by atoms with Crippen LogP contribution in [0.15, 0.2) is 42.5 Å². The van der Waals surface area contributed by atoms with Crippen LogP contribution >= 0.6 is 0 Å². The Hall–Kier alpha value is -3.00. The fourth-order valence-electron chi connectivity index (χ4n) is 2.25. The molecule has 2 atom stereocenters. The number of urea groups is 1. The number of carbonyl (C=O) groups is 1. The van der Waals surface area contributed by atoms with E-state index in [2.05, 4.69) is 10.6 Å². The van der Waals surface area contributed by atoms with Crippen LogP contribution in [0.4, 0.5) is 20.6 Å².